The molecule has 6 nitrogen and oxygen atoms in total. The molecule has 2 aliphatic rings. The van der Waals surface area contributed by atoms with Crippen molar-refractivity contribution in [3.8, 4) is 5.75 Å². The Morgan fingerprint density at radius 1 is 1.12 bits per heavy atom. The average Bonchev–Trinajstić information content (AvgIpc) is 2.82. The Kier molecular flexibility index (Phi) is 8.12. The summed E-state index contributed by atoms with van der Waals surface area (Å²) in [4.78, 5) is 24.8. The number of halogens is 1. The number of ether oxygens (including phenoxy) is 1. The van der Waals surface area contributed by atoms with Gasteiger partial charge in [0.25, 0.3) is 0 Å². The van der Waals surface area contributed by atoms with Crippen molar-refractivity contribution in [3.05, 3.63) is 58.4 Å². The first kappa shape index (κ1) is 25.0. The van der Waals surface area contributed by atoms with Crippen molar-refractivity contribution >= 4 is 17.5 Å². The Hall–Kier alpha value is -2.15. The van der Waals surface area contributed by atoms with Crippen LogP contribution in [0.4, 0.5) is 0 Å². The number of rotatable bonds is 7. The third kappa shape index (κ3) is 6.29. The fourth-order valence-electron chi connectivity index (χ4n) is 5.09. The van der Waals surface area contributed by atoms with Gasteiger partial charge in [-0.15, -0.1) is 0 Å². The molecule has 34 heavy (non-hydrogen) atoms. The standard InChI is InChI=1S/C27H37ClN4O2/c1-21-6-4-10-29-25(21)18-31-11-5-9-27(19-31,17-26(33)32-14-12-30(3)13-15-32)20-34-23-7-8-24(28)22(2)16-23/h4,6-8,10,16H,5,9,11-15,17-20H2,1-3H3/t27-/m0/s1. The van der Waals surface area contributed by atoms with Gasteiger partial charge in [-0.05, 0) is 75.7 Å². The quantitative estimate of drug-likeness (QED) is 0.590. The molecule has 0 unspecified atom stereocenters. The van der Waals surface area contributed by atoms with Crippen LogP contribution >= 0.6 is 11.6 Å². The number of likely N-dealkylation sites (tertiary alicyclic amines) is 1. The molecule has 2 aromatic rings. The number of carbonyl (C=O) groups excluding carboxylic acids is 1. The lowest BCUT2D eigenvalue weighted by Crippen LogP contribution is -2.52. The van der Waals surface area contributed by atoms with Crippen molar-refractivity contribution in [2.45, 2.75) is 39.7 Å². The van der Waals surface area contributed by atoms with Gasteiger partial charge in [-0.2, -0.15) is 0 Å². The molecule has 0 saturated carbocycles. The van der Waals surface area contributed by atoms with Crippen molar-refractivity contribution in [2.75, 3.05) is 52.9 Å². The number of aromatic nitrogens is 1. The first-order valence-corrected chi connectivity index (χ1v) is 12.7. The number of nitrogens with zero attached hydrogens (tertiary/aromatic N) is 4. The highest BCUT2D eigenvalue weighted by molar-refractivity contribution is 6.31. The average molecular weight is 485 g/mol. The predicted molar refractivity (Wildman–Crippen MR) is 136 cm³/mol. The van der Waals surface area contributed by atoms with Crippen LogP contribution in [-0.4, -0.2) is 78.5 Å². The first-order chi connectivity index (χ1) is 16.3. The van der Waals surface area contributed by atoms with Crippen molar-refractivity contribution in [1.29, 1.82) is 0 Å². The number of aryl methyl sites for hydroxylation is 2. The fourth-order valence-corrected chi connectivity index (χ4v) is 5.20. The number of carbonyl (C=O) groups is 1. The molecule has 1 aromatic heterocycles. The molecule has 0 N–H and O–H groups in total. The van der Waals surface area contributed by atoms with E-state index in [0.29, 0.717) is 13.0 Å². The molecule has 1 atom stereocenters. The van der Waals surface area contributed by atoms with Gasteiger partial charge in [0.1, 0.15) is 5.75 Å². The third-order valence-electron chi connectivity index (χ3n) is 7.29. The largest absolute Gasteiger partial charge is 0.493 e. The first-order valence-electron chi connectivity index (χ1n) is 12.3. The molecule has 7 heteroatoms. The van der Waals surface area contributed by atoms with Gasteiger partial charge in [0.15, 0.2) is 0 Å². The van der Waals surface area contributed by atoms with Crippen LogP contribution in [0, 0.1) is 19.3 Å². The Morgan fingerprint density at radius 3 is 2.65 bits per heavy atom. The van der Waals surface area contributed by atoms with Gasteiger partial charge in [0.05, 0.1) is 12.3 Å². The number of benzene rings is 1. The van der Waals surface area contributed by atoms with Gasteiger partial charge in [-0.1, -0.05) is 17.7 Å². The summed E-state index contributed by atoms with van der Waals surface area (Å²) in [5.41, 5.74) is 3.09. The van der Waals surface area contributed by atoms with Crippen LogP contribution < -0.4 is 4.74 Å². The second-order valence-electron chi connectivity index (χ2n) is 10.1. The van der Waals surface area contributed by atoms with E-state index in [0.717, 1.165) is 80.7 Å². The van der Waals surface area contributed by atoms with Crippen molar-refractivity contribution in [1.82, 2.24) is 19.7 Å². The zero-order chi connectivity index (χ0) is 24.1. The van der Waals surface area contributed by atoms with E-state index in [2.05, 4.69) is 34.8 Å². The number of amides is 1. The summed E-state index contributed by atoms with van der Waals surface area (Å²) in [5.74, 6) is 1.06. The molecule has 0 bridgehead atoms. The maximum atomic E-state index is 13.4. The van der Waals surface area contributed by atoms with Crippen LogP contribution in [0.5, 0.6) is 5.75 Å². The minimum atomic E-state index is -0.227. The van der Waals surface area contributed by atoms with Crippen LogP contribution in [0.2, 0.25) is 5.02 Å². The lowest BCUT2D eigenvalue weighted by Gasteiger charge is -2.43. The van der Waals surface area contributed by atoms with Crippen LogP contribution in [0.25, 0.3) is 0 Å². The third-order valence-corrected chi connectivity index (χ3v) is 7.71. The lowest BCUT2D eigenvalue weighted by atomic mass is 9.77. The molecule has 0 spiro atoms. The topological polar surface area (TPSA) is 48.9 Å². The molecule has 2 fully saturated rings. The summed E-state index contributed by atoms with van der Waals surface area (Å²) >= 11 is 6.21. The number of piperidine rings is 1. The maximum absolute atomic E-state index is 13.4. The molecule has 184 valence electrons. The van der Waals surface area contributed by atoms with Gasteiger partial charge >= 0.3 is 0 Å². The van der Waals surface area contributed by atoms with Crippen molar-refractivity contribution in [2.24, 2.45) is 5.41 Å². The molecular formula is C27H37ClN4O2. The molecule has 0 aliphatic carbocycles. The summed E-state index contributed by atoms with van der Waals surface area (Å²) in [6, 6.07) is 9.88. The summed E-state index contributed by atoms with van der Waals surface area (Å²) < 4.78 is 6.33. The number of piperazine rings is 1. The highest BCUT2D eigenvalue weighted by atomic mass is 35.5. The number of hydrogen-bond donors (Lipinski definition) is 0. The highest BCUT2D eigenvalue weighted by Crippen LogP contribution is 2.36. The van der Waals surface area contributed by atoms with E-state index in [1.807, 2.05) is 42.3 Å². The molecular weight excluding hydrogens is 448 g/mol. The molecule has 3 heterocycles. The molecule has 4 rings (SSSR count). The minimum absolute atomic E-state index is 0.227. The van der Waals surface area contributed by atoms with Crippen LogP contribution in [0.15, 0.2) is 36.5 Å². The van der Waals surface area contributed by atoms with E-state index < -0.39 is 0 Å². The Morgan fingerprint density at radius 2 is 1.91 bits per heavy atom. The maximum Gasteiger partial charge on any atom is 0.223 e. The SMILES string of the molecule is Cc1cc(OC[C@]2(CC(=O)N3CCN(C)CC3)CCCN(Cc3ncccc3C)C2)ccc1Cl. The number of likely N-dealkylation sites (N-methyl/N-ethyl adjacent to an activating group) is 1. The monoisotopic (exact) mass is 484 g/mol. The Balaban J connectivity index is 1.50. The second-order valence-corrected chi connectivity index (χ2v) is 10.5. The zero-order valence-corrected chi connectivity index (χ0v) is 21.5. The number of hydrogen-bond acceptors (Lipinski definition) is 5. The molecule has 2 saturated heterocycles. The summed E-state index contributed by atoms with van der Waals surface area (Å²) in [5, 5.41) is 0.738. The van der Waals surface area contributed by atoms with E-state index in [9.17, 15) is 4.79 Å². The van der Waals surface area contributed by atoms with Crippen molar-refractivity contribution < 1.29 is 9.53 Å². The van der Waals surface area contributed by atoms with Crippen molar-refractivity contribution in [3.63, 3.8) is 0 Å². The van der Waals surface area contributed by atoms with Gasteiger partial charge in [-0.25, -0.2) is 0 Å². The summed E-state index contributed by atoms with van der Waals surface area (Å²) in [6.45, 7) is 10.7. The zero-order valence-electron chi connectivity index (χ0n) is 20.7. The van der Waals surface area contributed by atoms with E-state index in [-0.39, 0.29) is 11.3 Å². The normalized spacial score (nSPS) is 22.1. The second kappa shape index (κ2) is 11.1. The van der Waals surface area contributed by atoms with Crippen LogP contribution in [-0.2, 0) is 11.3 Å². The lowest BCUT2D eigenvalue weighted by molar-refractivity contribution is -0.137. The van der Waals surface area contributed by atoms with Gasteiger partial charge in [-0.3, -0.25) is 14.7 Å². The Bertz CT molecular complexity index is 992. The number of pyridine rings is 1. The van der Waals surface area contributed by atoms with Gasteiger partial charge in [0.2, 0.25) is 5.91 Å². The van der Waals surface area contributed by atoms with E-state index in [4.69, 9.17) is 16.3 Å². The highest BCUT2D eigenvalue weighted by Gasteiger charge is 2.40. The van der Waals surface area contributed by atoms with Gasteiger partial charge in [0, 0.05) is 62.3 Å². The smallest absolute Gasteiger partial charge is 0.223 e. The van der Waals surface area contributed by atoms with E-state index in [1.165, 1.54) is 5.56 Å². The Labute approximate surface area is 208 Å². The minimum Gasteiger partial charge on any atom is -0.493 e. The molecule has 0 radical (unpaired) electrons. The van der Waals surface area contributed by atoms with E-state index >= 15 is 0 Å². The van der Waals surface area contributed by atoms with Crippen LogP contribution in [0.3, 0.4) is 0 Å². The predicted octanol–water partition coefficient (Wildman–Crippen LogP) is 4.18. The summed E-state index contributed by atoms with van der Waals surface area (Å²) in [6.07, 6.45) is 4.41. The van der Waals surface area contributed by atoms with Gasteiger partial charge < -0.3 is 14.5 Å². The fraction of sp³-hybridized carbons (Fsp3) is 0.556. The van der Waals surface area contributed by atoms with Crippen LogP contribution in [0.1, 0.15) is 36.1 Å². The molecule has 2 aliphatic heterocycles. The van der Waals surface area contributed by atoms with E-state index in [1.54, 1.807) is 0 Å². The summed E-state index contributed by atoms with van der Waals surface area (Å²) in [7, 11) is 2.11. The molecule has 1 aromatic carbocycles. The molecule has 1 amide bonds.